The highest BCUT2D eigenvalue weighted by Crippen LogP contribution is 2.35. The Morgan fingerprint density at radius 3 is 2.12 bits per heavy atom. The Hall–Kier alpha value is -2.29. The molecule has 3 rings (SSSR count). The molecule has 2 aromatic rings. The van der Waals surface area contributed by atoms with E-state index in [4.69, 9.17) is 21.5 Å². The molecule has 0 saturated heterocycles. The number of ether oxygens (including phenoxy) is 1. The van der Waals surface area contributed by atoms with E-state index in [1.807, 2.05) is 0 Å². The number of hydrogen-bond donors (Lipinski definition) is 1. The van der Waals surface area contributed by atoms with Crippen LogP contribution in [-0.4, -0.2) is 21.0 Å². The monoisotopic (exact) mass is 385 g/mol. The predicted octanol–water partition coefficient (Wildman–Crippen LogP) is 2.73. The third-order valence-electron chi connectivity index (χ3n) is 3.62. The minimum absolute atomic E-state index is 0.0156. The van der Waals surface area contributed by atoms with Gasteiger partial charge >= 0.3 is 5.97 Å². The van der Waals surface area contributed by atoms with E-state index in [1.54, 1.807) is 24.3 Å². The largest absolute Gasteiger partial charge is 0.457 e. The van der Waals surface area contributed by atoms with Crippen molar-refractivity contribution in [2.75, 3.05) is 6.61 Å². The number of nitrogens with two attached hydrogens (primary N) is 1. The van der Waals surface area contributed by atoms with Gasteiger partial charge in [0.15, 0.2) is 4.90 Å². The maximum atomic E-state index is 14.1. The van der Waals surface area contributed by atoms with E-state index in [1.165, 1.54) is 0 Å². The summed E-state index contributed by atoms with van der Waals surface area (Å²) in [6.07, 6.45) is 0. The van der Waals surface area contributed by atoms with Gasteiger partial charge in [-0.25, -0.2) is 27.1 Å². The van der Waals surface area contributed by atoms with Crippen LogP contribution in [0, 0.1) is 11.6 Å². The van der Waals surface area contributed by atoms with E-state index in [-0.39, 0.29) is 23.3 Å². The van der Waals surface area contributed by atoms with E-state index < -0.39 is 32.5 Å². The van der Waals surface area contributed by atoms with E-state index in [0.29, 0.717) is 10.6 Å². The average molecular weight is 386 g/mol. The maximum absolute atomic E-state index is 14.1. The summed E-state index contributed by atoms with van der Waals surface area (Å²) in [6, 6.07) is 7.84. The van der Waals surface area contributed by atoms with Gasteiger partial charge in [-0.1, -0.05) is 23.7 Å². The normalized spacial score (nSPS) is 14.8. The second-order valence-electron chi connectivity index (χ2n) is 5.25. The Bertz CT molecular complexity index is 994. The molecule has 0 fully saturated rings. The van der Waals surface area contributed by atoms with Gasteiger partial charge < -0.3 is 4.74 Å². The topological polar surface area (TPSA) is 86.5 Å². The predicted molar refractivity (Wildman–Crippen MR) is 87.0 cm³/mol. The molecule has 0 unspecified atom stereocenters. The molecular formula is C16H10ClF2NO4S. The number of esters is 1. The van der Waals surface area contributed by atoms with E-state index >= 15 is 0 Å². The average Bonchev–Trinajstić information content (AvgIpc) is 2.87. The van der Waals surface area contributed by atoms with Crippen LogP contribution in [0.4, 0.5) is 8.78 Å². The zero-order chi connectivity index (χ0) is 18.4. The lowest BCUT2D eigenvalue weighted by Gasteiger charge is -2.08. The second-order valence-corrected chi connectivity index (χ2v) is 7.19. The lowest BCUT2D eigenvalue weighted by molar-refractivity contribution is -0.133. The van der Waals surface area contributed by atoms with Crippen molar-refractivity contribution < 1.29 is 26.7 Å². The molecule has 9 heteroatoms. The first-order valence-electron chi connectivity index (χ1n) is 6.87. The molecule has 0 bridgehead atoms. The lowest BCUT2D eigenvalue weighted by atomic mass is 9.96. The Kier molecular flexibility index (Phi) is 4.36. The minimum atomic E-state index is -4.56. The van der Waals surface area contributed by atoms with Gasteiger partial charge in [0.1, 0.15) is 18.2 Å². The van der Waals surface area contributed by atoms with Crippen molar-refractivity contribution in [2.45, 2.75) is 4.90 Å². The highest BCUT2D eigenvalue weighted by Gasteiger charge is 2.29. The Morgan fingerprint density at radius 2 is 1.60 bits per heavy atom. The molecule has 2 N–H and O–H groups in total. The molecule has 0 saturated carbocycles. The summed E-state index contributed by atoms with van der Waals surface area (Å²) >= 11 is 5.81. The van der Waals surface area contributed by atoms with Crippen LogP contribution in [0.5, 0.6) is 0 Å². The summed E-state index contributed by atoms with van der Waals surface area (Å²) in [5, 5.41) is 5.26. The third kappa shape index (κ3) is 3.28. The number of primary sulfonamides is 1. The van der Waals surface area contributed by atoms with Crippen molar-refractivity contribution in [1.82, 2.24) is 0 Å². The van der Waals surface area contributed by atoms with Gasteiger partial charge in [0, 0.05) is 10.6 Å². The van der Waals surface area contributed by atoms with Gasteiger partial charge in [-0.15, -0.1) is 0 Å². The van der Waals surface area contributed by atoms with Gasteiger partial charge in [-0.3, -0.25) is 0 Å². The van der Waals surface area contributed by atoms with Crippen molar-refractivity contribution in [3.8, 4) is 0 Å². The first kappa shape index (κ1) is 17.5. The van der Waals surface area contributed by atoms with Crippen molar-refractivity contribution in [1.29, 1.82) is 0 Å². The molecule has 1 aliphatic rings. The molecule has 1 heterocycles. The fraction of sp³-hybridized carbons (Fsp3) is 0.0625. The fourth-order valence-corrected chi connectivity index (χ4v) is 3.33. The number of carbonyl (C=O) groups excluding carboxylic acids is 1. The number of benzene rings is 2. The summed E-state index contributed by atoms with van der Waals surface area (Å²) in [6.45, 7) is -0.204. The number of cyclic esters (lactones) is 1. The summed E-state index contributed by atoms with van der Waals surface area (Å²) < 4.78 is 55.7. The number of rotatable bonds is 3. The molecule has 0 atom stereocenters. The molecule has 0 aliphatic carbocycles. The van der Waals surface area contributed by atoms with E-state index in [0.717, 1.165) is 12.1 Å². The lowest BCUT2D eigenvalue weighted by Crippen LogP contribution is -2.16. The third-order valence-corrected chi connectivity index (χ3v) is 4.83. The smallest absolute Gasteiger partial charge is 0.339 e. The van der Waals surface area contributed by atoms with Crippen LogP contribution in [-0.2, 0) is 19.6 Å². The van der Waals surface area contributed by atoms with Crippen molar-refractivity contribution in [2.24, 2.45) is 5.14 Å². The summed E-state index contributed by atoms with van der Waals surface area (Å²) in [4.78, 5) is 10.8. The first-order chi connectivity index (χ1) is 11.7. The van der Waals surface area contributed by atoms with Crippen LogP contribution in [0.2, 0.25) is 5.02 Å². The zero-order valence-corrected chi connectivity index (χ0v) is 14.0. The molecule has 5 nitrogen and oxygen atoms in total. The van der Waals surface area contributed by atoms with Gasteiger partial charge in [0.2, 0.25) is 10.0 Å². The molecule has 25 heavy (non-hydrogen) atoms. The molecule has 1 aliphatic heterocycles. The van der Waals surface area contributed by atoms with Crippen LogP contribution in [0.25, 0.3) is 11.1 Å². The highest BCUT2D eigenvalue weighted by atomic mass is 35.5. The molecule has 130 valence electrons. The van der Waals surface area contributed by atoms with Crippen LogP contribution in [0.3, 0.4) is 0 Å². The Morgan fingerprint density at radius 1 is 1.04 bits per heavy atom. The van der Waals surface area contributed by atoms with Gasteiger partial charge in [0.25, 0.3) is 0 Å². The second kappa shape index (κ2) is 6.21. The molecule has 0 radical (unpaired) electrons. The van der Waals surface area contributed by atoms with Gasteiger partial charge in [0.05, 0.1) is 5.57 Å². The molecular weight excluding hydrogens is 376 g/mol. The summed E-state index contributed by atoms with van der Waals surface area (Å²) in [5.41, 5.74) is 0.793. The maximum Gasteiger partial charge on any atom is 0.339 e. The van der Waals surface area contributed by atoms with Crippen LogP contribution in [0.1, 0.15) is 11.1 Å². The highest BCUT2D eigenvalue weighted by molar-refractivity contribution is 7.89. The van der Waals surface area contributed by atoms with Crippen molar-refractivity contribution >= 4 is 38.7 Å². The zero-order valence-electron chi connectivity index (χ0n) is 12.4. The number of carbonyl (C=O) groups is 1. The SMILES string of the molecule is NS(=O)(=O)c1c(F)cc(C2=C(c3ccc(Cl)cc3)C(=O)OC2)cc1F. The summed E-state index contributed by atoms with van der Waals surface area (Å²) in [5.74, 6) is -3.35. The van der Waals surface area contributed by atoms with Crippen LogP contribution >= 0.6 is 11.6 Å². The molecule has 2 aromatic carbocycles. The van der Waals surface area contributed by atoms with E-state index in [9.17, 15) is 22.0 Å². The van der Waals surface area contributed by atoms with Crippen LogP contribution < -0.4 is 5.14 Å². The number of sulfonamides is 1. The Balaban J connectivity index is 2.20. The Labute approximate surface area is 146 Å². The van der Waals surface area contributed by atoms with Gasteiger partial charge in [-0.2, -0.15) is 0 Å². The van der Waals surface area contributed by atoms with Gasteiger partial charge in [-0.05, 0) is 35.4 Å². The molecule has 0 amide bonds. The van der Waals surface area contributed by atoms with E-state index in [2.05, 4.69) is 0 Å². The van der Waals surface area contributed by atoms with Crippen molar-refractivity contribution in [3.05, 3.63) is 64.2 Å². The fourth-order valence-electron chi connectivity index (χ4n) is 2.55. The van der Waals surface area contributed by atoms with Crippen LogP contribution in [0.15, 0.2) is 41.3 Å². The standard InChI is InChI=1S/C16H10ClF2NO4S/c17-10-3-1-8(2-4-10)14-11(7-24-16(14)21)9-5-12(18)15(13(19)6-9)25(20,22)23/h1-6H,7H2,(H2,20,22,23). The first-order valence-corrected chi connectivity index (χ1v) is 8.79. The minimum Gasteiger partial charge on any atom is -0.457 e. The summed E-state index contributed by atoms with van der Waals surface area (Å²) in [7, 11) is -4.56. The quantitative estimate of drug-likeness (QED) is 0.823. The van der Waals surface area contributed by atoms with Crippen molar-refractivity contribution in [3.63, 3.8) is 0 Å². The number of halogens is 3. The molecule has 0 spiro atoms. The molecule has 0 aromatic heterocycles. The number of hydrogen-bond acceptors (Lipinski definition) is 4.